The molecule has 272 valence electrons. The molecule has 9 rings (SSSR count). The molecule has 0 radical (unpaired) electrons. The van der Waals surface area contributed by atoms with Crippen molar-refractivity contribution in [3.05, 3.63) is 243 Å². The molecule has 9 aromatic rings. The Labute approximate surface area is 334 Å². The first-order valence-corrected chi connectivity index (χ1v) is 19.2. The quantitative estimate of drug-likeness (QED) is 0.132. The Morgan fingerprint density at radius 1 is 0.211 bits per heavy atom. The van der Waals surface area contributed by atoms with Gasteiger partial charge in [0.1, 0.15) is 0 Å². The SMILES string of the molecule is c1ccc(N(c2ccccc2)c2ccc(-c3cncc(-c4cc(N(c5ccccc5)c5ccccc5)cc(N(c5ccccc5)c5ccccc5)c4)c3)cc2)cc1. The van der Waals surface area contributed by atoms with Crippen molar-refractivity contribution in [3.8, 4) is 22.3 Å². The molecule has 0 spiro atoms. The van der Waals surface area contributed by atoms with Gasteiger partial charge >= 0.3 is 0 Å². The van der Waals surface area contributed by atoms with Gasteiger partial charge in [-0.05, 0) is 120 Å². The summed E-state index contributed by atoms with van der Waals surface area (Å²) in [5, 5.41) is 0. The molecule has 1 heterocycles. The predicted octanol–water partition coefficient (Wildman–Crippen LogP) is 14.8. The molecular weight excluding hydrogens is 693 g/mol. The van der Waals surface area contributed by atoms with E-state index in [1.165, 1.54) is 0 Å². The molecule has 0 bridgehead atoms. The first-order valence-electron chi connectivity index (χ1n) is 19.2. The Kier molecular flexibility index (Phi) is 10.1. The average Bonchev–Trinajstić information content (AvgIpc) is 3.29. The largest absolute Gasteiger partial charge is 0.311 e. The summed E-state index contributed by atoms with van der Waals surface area (Å²) in [6.07, 6.45) is 3.92. The summed E-state index contributed by atoms with van der Waals surface area (Å²) in [4.78, 5) is 11.8. The monoisotopic (exact) mass is 732 g/mol. The zero-order valence-corrected chi connectivity index (χ0v) is 31.4. The smallest absolute Gasteiger partial charge is 0.0488 e. The molecule has 0 aliphatic heterocycles. The number of para-hydroxylation sites is 6. The van der Waals surface area contributed by atoms with E-state index in [0.29, 0.717) is 0 Å². The van der Waals surface area contributed by atoms with Gasteiger partial charge in [-0.1, -0.05) is 121 Å². The van der Waals surface area contributed by atoms with Crippen LogP contribution < -0.4 is 14.7 Å². The first-order chi connectivity index (χ1) is 28.3. The molecule has 0 saturated heterocycles. The normalized spacial score (nSPS) is 10.8. The molecule has 0 aliphatic rings. The Balaban J connectivity index is 1.17. The van der Waals surface area contributed by atoms with Gasteiger partial charge in [0, 0.05) is 74.7 Å². The second-order valence-corrected chi connectivity index (χ2v) is 13.8. The van der Waals surface area contributed by atoms with Crippen LogP contribution in [0.2, 0.25) is 0 Å². The van der Waals surface area contributed by atoms with Gasteiger partial charge in [0.25, 0.3) is 0 Å². The number of hydrogen-bond donors (Lipinski definition) is 0. The number of rotatable bonds is 11. The van der Waals surface area contributed by atoms with Crippen LogP contribution in [0.1, 0.15) is 0 Å². The lowest BCUT2D eigenvalue weighted by Gasteiger charge is -2.30. The lowest BCUT2D eigenvalue weighted by molar-refractivity contribution is 1.25. The summed E-state index contributed by atoms with van der Waals surface area (Å²) in [5.74, 6) is 0. The zero-order valence-electron chi connectivity index (χ0n) is 31.4. The third-order valence-corrected chi connectivity index (χ3v) is 10.0. The van der Waals surface area contributed by atoms with Crippen molar-refractivity contribution in [1.82, 2.24) is 4.98 Å². The maximum Gasteiger partial charge on any atom is 0.0488 e. The molecule has 0 unspecified atom stereocenters. The molecule has 57 heavy (non-hydrogen) atoms. The standard InChI is InChI=1S/C53H40N4/c1-7-19-45(20-8-1)55(46-21-9-2-10-22-46)51-33-31-41(32-34-51)43-35-44(40-54-39-43)42-36-52(56(47-23-11-3-12-24-47)48-25-13-4-14-26-48)38-53(37-42)57(49-27-15-5-16-28-49)50-29-17-6-18-30-50/h1-40H. The predicted molar refractivity (Wildman–Crippen MR) is 239 cm³/mol. The number of hydrogen-bond acceptors (Lipinski definition) is 4. The van der Waals surface area contributed by atoms with Crippen LogP contribution >= 0.6 is 0 Å². The minimum absolute atomic E-state index is 1.03. The molecule has 4 nitrogen and oxygen atoms in total. The summed E-state index contributed by atoms with van der Waals surface area (Å²) in [6, 6.07) is 81.1. The minimum Gasteiger partial charge on any atom is -0.311 e. The van der Waals surface area contributed by atoms with Gasteiger partial charge in [0.2, 0.25) is 0 Å². The molecule has 1 aromatic heterocycles. The van der Waals surface area contributed by atoms with Gasteiger partial charge < -0.3 is 14.7 Å². The number of benzene rings is 8. The summed E-state index contributed by atoms with van der Waals surface area (Å²) < 4.78 is 0. The number of aromatic nitrogens is 1. The van der Waals surface area contributed by atoms with Crippen molar-refractivity contribution in [2.45, 2.75) is 0 Å². The van der Waals surface area contributed by atoms with E-state index in [0.717, 1.165) is 73.4 Å². The summed E-state index contributed by atoms with van der Waals surface area (Å²) in [7, 11) is 0. The van der Waals surface area contributed by atoms with E-state index in [4.69, 9.17) is 4.98 Å². The highest BCUT2D eigenvalue weighted by molar-refractivity contribution is 5.88. The van der Waals surface area contributed by atoms with Gasteiger partial charge in [0.05, 0.1) is 0 Å². The maximum absolute atomic E-state index is 4.83. The topological polar surface area (TPSA) is 22.6 Å². The Morgan fingerprint density at radius 3 is 0.825 bits per heavy atom. The van der Waals surface area contributed by atoms with E-state index in [9.17, 15) is 0 Å². The summed E-state index contributed by atoms with van der Waals surface area (Å²) in [5.41, 5.74) is 13.9. The van der Waals surface area contributed by atoms with Crippen molar-refractivity contribution in [2.24, 2.45) is 0 Å². The van der Waals surface area contributed by atoms with Crippen LogP contribution in [-0.2, 0) is 0 Å². The summed E-state index contributed by atoms with van der Waals surface area (Å²) in [6.45, 7) is 0. The maximum atomic E-state index is 4.83. The van der Waals surface area contributed by atoms with E-state index in [1.54, 1.807) is 0 Å². The van der Waals surface area contributed by atoms with Crippen LogP contribution in [0.4, 0.5) is 51.2 Å². The van der Waals surface area contributed by atoms with Gasteiger partial charge in [0.15, 0.2) is 0 Å². The number of anilines is 9. The molecule has 0 atom stereocenters. The van der Waals surface area contributed by atoms with E-state index < -0.39 is 0 Å². The molecule has 8 aromatic carbocycles. The zero-order chi connectivity index (χ0) is 38.2. The molecule has 0 aliphatic carbocycles. The van der Waals surface area contributed by atoms with Crippen LogP contribution in [0, 0.1) is 0 Å². The van der Waals surface area contributed by atoms with E-state index in [-0.39, 0.29) is 0 Å². The second kappa shape index (κ2) is 16.4. The van der Waals surface area contributed by atoms with Crippen LogP contribution in [0.5, 0.6) is 0 Å². The van der Waals surface area contributed by atoms with E-state index in [2.05, 4.69) is 245 Å². The highest BCUT2D eigenvalue weighted by atomic mass is 15.2. The van der Waals surface area contributed by atoms with E-state index >= 15 is 0 Å². The van der Waals surface area contributed by atoms with Gasteiger partial charge in [-0.15, -0.1) is 0 Å². The van der Waals surface area contributed by atoms with Crippen molar-refractivity contribution in [2.75, 3.05) is 14.7 Å². The third kappa shape index (κ3) is 7.66. The first kappa shape index (κ1) is 35.0. The molecule has 4 heteroatoms. The van der Waals surface area contributed by atoms with Crippen LogP contribution in [0.3, 0.4) is 0 Å². The average molecular weight is 733 g/mol. The van der Waals surface area contributed by atoms with Gasteiger partial charge in [-0.25, -0.2) is 0 Å². The Bertz CT molecular complexity index is 2430. The van der Waals surface area contributed by atoms with Gasteiger partial charge in [-0.3, -0.25) is 4.98 Å². The van der Waals surface area contributed by atoms with Crippen LogP contribution in [-0.4, -0.2) is 4.98 Å². The lowest BCUT2D eigenvalue weighted by atomic mass is 9.99. The molecule has 0 N–H and O–H groups in total. The Morgan fingerprint density at radius 2 is 0.491 bits per heavy atom. The molecular formula is C53H40N4. The van der Waals surface area contributed by atoms with Crippen LogP contribution in [0.15, 0.2) is 243 Å². The Hall–Kier alpha value is -7.69. The summed E-state index contributed by atoms with van der Waals surface area (Å²) >= 11 is 0. The minimum atomic E-state index is 1.03. The number of pyridine rings is 1. The molecule has 0 saturated carbocycles. The highest BCUT2D eigenvalue weighted by Gasteiger charge is 2.20. The fraction of sp³-hybridized carbons (Fsp3) is 0. The van der Waals surface area contributed by atoms with E-state index in [1.807, 2.05) is 12.4 Å². The van der Waals surface area contributed by atoms with Crippen molar-refractivity contribution >= 4 is 51.2 Å². The lowest BCUT2D eigenvalue weighted by Crippen LogP contribution is -2.13. The molecule has 0 fully saturated rings. The van der Waals surface area contributed by atoms with Gasteiger partial charge in [-0.2, -0.15) is 0 Å². The molecule has 0 amide bonds. The third-order valence-electron chi connectivity index (χ3n) is 10.0. The number of nitrogens with zero attached hydrogens (tertiary/aromatic N) is 4. The fourth-order valence-corrected chi connectivity index (χ4v) is 7.38. The van der Waals surface area contributed by atoms with Crippen LogP contribution in [0.25, 0.3) is 22.3 Å². The van der Waals surface area contributed by atoms with Crippen molar-refractivity contribution in [1.29, 1.82) is 0 Å². The fourth-order valence-electron chi connectivity index (χ4n) is 7.38. The second-order valence-electron chi connectivity index (χ2n) is 13.8. The van der Waals surface area contributed by atoms with Crippen molar-refractivity contribution in [3.63, 3.8) is 0 Å². The van der Waals surface area contributed by atoms with Crippen molar-refractivity contribution < 1.29 is 0 Å². The highest BCUT2D eigenvalue weighted by Crippen LogP contribution is 2.43.